The highest BCUT2D eigenvalue weighted by atomic mass is 16.2. The number of piperazine rings is 1. The Hall–Kier alpha value is -2.70. The normalized spacial score (nSPS) is 15.3. The van der Waals surface area contributed by atoms with E-state index in [-0.39, 0.29) is 18.4 Å². The average Bonchev–Trinajstić information content (AvgIpc) is 2.86. The maximum absolute atomic E-state index is 12.5. The van der Waals surface area contributed by atoms with Crippen LogP contribution in [0.25, 0.3) is 0 Å². The minimum Gasteiger partial charge on any atom is -0.326 e. The summed E-state index contributed by atoms with van der Waals surface area (Å²) in [4.78, 5) is 32.1. The van der Waals surface area contributed by atoms with Gasteiger partial charge in [-0.3, -0.25) is 19.3 Å². The summed E-state index contributed by atoms with van der Waals surface area (Å²) in [6, 6.07) is 5.37. The molecule has 2 amide bonds. The van der Waals surface area contributed by atoms with E-state index >= 15 is 0 Å². The number of aromatic nitrogens is 3. The predicted octanol–water partition coefficient (Wildman–Crippen LogP) is 0.613. The van der Waals surface area contributed by atoms with Crippen molar-refractivity contribution in [3.63, 3.8) is 0 Å². The molecule has 114 valence electrons. The number of rotatable bonds is 2. The molecule has 0 N–H and O–H groups in total. The van der Waals surface area contributed by atoms with Gasteiger partial charge in [0.25, 0.3) is 5.91 Å². The van der Waals surface area contributed by atoms with E-state index in [9.17, 15) is 9.59 Å². The molecule has 7 heteroatoms. The lowest BCUT2D eigenvalue weighted by Gasteiger charge is -2.34. The molecule has 0 aromatic carbocycles. The van der Waals surface area contributed by atoms with Gasteiger partial charge in [-0.05, 0) is 25.1 Å². The molecule has 3 rings (SSSR count). The van der Waals surface area contributed by atoms with Crippen molar-refractivity contribution in [1.29, 1.82) is 0 Å². The van der Waals surface area contributed by atoms with E-state index in [0.29, 0.717) is 18.8 Å². The van der Waals surface area contributed by atoms with Gasteiger partial charge in [0.05, 0.1) is 17.6 Å². The molecule has 0 saturated carbocycles. The molecular formula is C15H17N5O2. The van der Waals surface area contributed by atoms with E-state index in [4.69, 9.17) is 0 Å². The second kappa shape index (κ2) is 5.59. The van der Waals surface area contributed by atoms with E-state index in [0.717, 1.165) is 11.4 Å². The number of anilines is 1. The van der Waals surface area contributed by atoms with Crippen molar-refractivity contribution >= 4 is 17.5 Å². The van der Waals surface area contributed by atoms with Crippen molar-refractivity contribution in [3.8, 4) is 0 Å². The Morgan fingerprint density at radius 1 is 1.32 bits per heavy atom. The number of pyridine rings is 1. The number of nitrogens with zero attached hydrogens (tertiary/aromatic N) is 5. The molecule has 0 radical (unpaired) electrons. The number of carbonyl (C=O) groups excluding carboxylic acids is 2. The van der Waals surface area contributed by atoms with Crippen LogP contribution in [0.3, 0.4) is 0 Å². The highest BCUT2D eigenvalue weighted by Crippen LogP contribution is 2.17. The number of aryl methyl sites for hydroxylation is 2. The summed E-state index contributed by atoms with van der Waals surface area (Å²) < 4.78 is 1.55. The van der Waals surface area contributed by atoms with Crippen LogP contribution in [-0.4, -0.2) is 51.1 Å². The Morgan fingerprint density at radius 3 is 2.73 bits per heavy atom. The van der Waals surface area contributed by atoms with Crippen molar-refractivity contribution in [2.24, 2.45) is 7.05 Å². The van der Waals surface area contributed by atoms with Crippen LogP contribution in [0.5, 0.6) is 0 Å². The summed E-state index contributed by atoms with van der Waals surface area (Å²) in [5.74, 6) is -0.270. The predicted molar refractivity (Wildman–Crippen MR) is 80.4 cm³/mol. The molecule has 0 spiro atoms. The molecule has 0 aliphatic carbocycles. The minimum atomic E-state index is -0.165. The molecule has 1 aliphatic rings. The van der Waals surface area contributed by atoms with Gasteiger partial charge in [-0.1, -0.05) is 0 Å². The SMILES string of the molecule is Cc1cc(C(=O)N2CCN(c3cccnc3)C(=O)C2)n(C)n1. The fourth-order valence-corrected chi connectivity index (χ4v) is 2.61. The van der Waals surface area contributed by atoms with Crippen LogP contribution in [0.15, 0.2) is 30.6 Å². The number of hydrogen-bond acceptors (Lipinski definition) is 4. The zero-order chi connectivity index (χ0) is 15.7. The van der Waals surface area contributed by atoms with E-state index in [2.05, 4.69) is 10.1 Å². The Labute approximate surface area is 128 Å². The Kier molecular flexibility index (Phi) is 3.62. The molecule has 0 bridgehead atoms. The summed E-state index contributed by atoms with van der Waals surface area (Å²) in [5.41, 5.74) is 2.04. The lowest BCUT2D eigenvalue weighted by molar-refractivity contribution is -0.120. The fourth-order valence-electron chi connectivity index (χ4n) is 2.61. The molecule has 1 aliphatic heterocycles. The van der Waals surface area contributed by atoms with Crippen molar-refractivity contribution in [1.82, 2.24) is 19.7 Å². The third-order valence-electron chi connectivity index (χ3n) is 3.69. The van der Waals surface area contributed by atoms with Gasteiger partial charge in [0.2, 0.25) is 5.91 Å². The van der Waals surface area contributed by atoms with E-state index in [1.807, 2.05) is 13.0 Å². The summed E-state index contributed by atoms with van der Waals surface area (Å²) in [5, 5.41) is 4.17. The lowest BCUT2D eigenvalue weighted by atomic mass is 10.2. The van der Waals surface area contributed by atoms with Crippen molar-refractivity contribution in [2.45, 2.75) is 6.92 Å². The van der Waals surface area contributed by atoms with Gasteiger partial charge in [-0.2, -0.15) is 5.10 Å². The summed E-state index contributed by atoms with van der Waals surface area (Å²) in [6.07, 6.45) is 3.32. The molecule has 3 heterocycles. The van der Waals surface area contributed by atoms with Crippen LogP contribution < -0.4 is 4.90 Å². The Morgan fingerprint density at radius 2 is 2.14 bits per heavy atom. The fraction of sp³-hybridized carbons (Fsp3) is 0.333. The van der Waals surface area contributed by atoms with Crippen LogP contribution in [0.1, 0.15) is 16.2 Å². The van der Waals surface area contributed by atoms with Gasteiger partial charge in [0.1, 0.15) is 12.2 Å². The summed E-state index contributed by atoms with van der Waals surface area (Å²) in [7, 11) is 1.73. The van der Waals surface area contributed by atoms with Crippen molar-refractivity contribution < 1.29 is 9.59 Å². The third kappa shape index (κ3) is 2.57. The maximum Gasteiger partial charge on any atom is 0.272 e. The molecule has 2 aromatic rings. The van der Waals surface area contributed by atoms with Crippen molar-refractivity contribution in [3.05, 3.63) is 42.0 Å². The van der Waals surface area contributed by atoms with Crippen molar-refractivity contribution in [2.75, 3.05) is 24.5 Å². The first-order chi connectivity index (χ1) is 10.6. The third-order valence-corrected chi connectivity index (χ3v) is 3.69. The largest absolute Gasteiger partial charge is 0.326 e. The topological polar surface area (TPSA) is 71.3 Å². The van der Waals surface area contributed by atoms with Crippen LogP contribution in [0.4, 0.5) is 5.69 Å². The lowest BCUT2D eigenvalue weighted by Crippen LogP contribution is -2.52. The van der Waals surface area contributed by atoms with Crippen LogP contribution in [-0.2, 0) is 11.8 Å². The monoisotopic (exact) mass is 299 g/mol. The van der Waals surface area contributed by atoms with Crippen LogP contribution in [0, 0.1) is 6.92 Å². The quantitative estimate of drug-likeness (QED) is 0.814. The molecular weight excluding hydrogens is 282 g/mol. The molecule has 2 aromatic heterocycles. The van der Waals surface area contributed by atoms with Crippen LogP contribution >= 0.6 is 0 Å². The Bertz CT molecular complexity index is 710. The molecule has 1 saturated heterocycles. The highest BCUT2D eigenvalue weighted by molar-refractivity contribution is 6.01. The summed E-state index contributed by atoms with van der Waals surface area (Å²) in [6.45, 7) is 2.86. The molecule has 22 heavy (non-hydrogen) atoms. The average molecular weight is 299 g/mol. The first-order valence-corrected chi connectivity index (χ1v) is 7.06. The van der Waals surface area contributed by atoms with Gasteiger partial charge in [0.15, 0.2) is 0 Å². The summed E-state index contributed by atoms with van der Waals surface area (Å²) >= 11 is 0. The first kappa shape index (κ1) is 14.2. The van der Waals surface area contributed by atoms with Gasteiger partial charge >= 0.3 is 0 Å². The second-order valence-electron chi connectivity index (χ2n) is 5.28. The van der Waals surface area contributed by atoms with Gasteiger partial charge < -0.3 is 9.80 Å². The molecule has 1 fully saturated rings. The first-order valence-electron chi connectivity index (χ1n) is 7.06. The maximum atomic E-state index is 12.5. The van der Waals surface area contributed by atoms with Gasteiger partial charge in [-0.25, -0.2) is 0 Å². The molecule has 0 unspecified atom stereocenters. The standard InChI is InChI=1S/C15H17N5O2/c1-11-8-13(18(2)17-11)15(22)19-6-7-20(14(21)10-19)12-4-3-5-16-9-12/h3-5,8-9H,6-7,10H2,1-2H3. The highest BCUT2D eigenvalue weighted by Gasteiger charge is 2.29. The zero-order valence-electron chi connectivity index (χ0n) is 12.6. The van der Waals surface area contributed by atoms with E-state index in [1.165, 1.54) is 0 Å². The van der Waals surface area contributed by atoms with Gasteiger partial charge in [-0.15, -0.1) is 0 Å². The van der Waals surface area contributed by atoms with Crippen LogP contribution in [0.2, 0.25) is 0 Å². The number of hydrogen-bond donors (Lipinski definition) is 0. The Balaban J connectivity index is 1.74. The molecule has 7 nitrogen and oxygen atoms in total. The zero-order valence-corrected chi connectivity index (χ0v) is 12.6. The van der Waals surface area contributed by atoms with E-state index < -0.39 is 0 Å². The molecule has 0 atom stereocenters. The number of carbonyl (C=O) groups is 2. The van der Waals surface area contributed by atoms with E-state index in [1.54, 1.807) is 46.1 Å². The second-order valence-corrected chi connectivity index (χ2v) is 5.28. The van der Waals surface area contributed by atoms with Gasteiger partial charge in [0, 0.05) is 26.3 Å². The number of amides is 2. The minimum absolute atomic E-state index is 0.0674. The smallest absolute Gasteiger partial charge is 0.272 e.